The Morgan fingerprint density at radius 1 is 0.765 bits per heavy atom. The van der Waals surface area contributed by atoms with E-state index in [1.807, 2.05) is 6.07 Å². The van der Waals surface area contributed by atoms with Crippen LogP contribution in [0.1, 0.15) is 26.3 Å². The molecule has 0 aliphatic rings. The molecule has 3 N–H and O–H groups in total. The summed E-state index contributed by atoms with van der Waals surface area (Å²) in [4.78, 5) is 29.4. The van der Waals surface area contributed by atoms with Crippen molar-refractivity contribution >= 4 is 29.0 Å². The summed E-state index contributed by atoms with van der Waals surface area (Å²) in [5.41, 5.74) is 2.39. The van der Waals surface area contributed by atoms with E-state index in [-0.39, 0.29) is 18.4 Å². The number of amides is 2. The Kier molecular flexibility index (Phi) is 6.88. The summed E-state index contributed by atoms with van der Waals surface area (Å²) < 4.78 is 26.5. The van der Waals surface area contributed by atoms with Crippen LogP contribution in [0.2, 0.25) is 0 Å². The first-order valence-corrected chi connectivity index (χ1v) is 10.4. The molecule has 1 heterocycles. The fourth-order valence-corrected chi connectivity index (χ4v) is 3.23. The number of hydrogen-bond acceptors (Lipinski definition) is 4. The van der Waals surface area contributed by atoms with Crippen molar-refractivity contribution < 1.29 is 18.4 Å². The SMILES string of the molecule is O=C(Nc1cccc(CNC(=O)c2cccnc2Nc2cccc(F)c2)c1)c1ccc(F)cc1. The van der Waals surface area contributed by atoms with Crippen LogP contribution >= 0.6 is 0 Å². The van der Waals surface area contributed by atoms with Gasteiger partial charge in [-0.05, 0) is 72.3 Å². The van der Waals surface area contributed by atoms with Gasteiger partial charge in [-0.15, -0.1) is 0 Å². The average Bonchev–Trinajstić information content (AvgIpc) is 2.83. The highest BCUT2D eigenvalue weighted by molar-refractivity contribution is 6.04. The molecule has 4 aromatic rings. The third kappa shape index (κ3) is 5.80. The molecule has 0 aliphatic carbocycles. The monoisotopic (exact) mass is 458 g/mol. The number of rotatable bonds is 7. The number of nitrogens with zero attached hydrogens (tertiary/aromatic N) is 1. The van der Waals surface area contributed by atoms with Crippen LogP contribution in [0.15, 0.2) is 91.1 Å². The third-order valence-electron chi connectivity index (χ3n) is 4.88. The van der Waals surface area contributed by atoms with Gasteiger partial charge in [-0.25, -0.2) is 13.8 Å². The molecule has 2 amide bonds. The molecule has 0 aliphatic heterocycles. The summed E-state index contributed by atoms with van der Waals surface area (Å²) in [6.45, 7) is 0.202. The Morgan fingerprint density at radius 3 is 2.32 bits per heavy atom. The predicted molar refractivity (Wildman–Crippen MR) is 126 cm³/mol. The van der Waals surface area contributed by atoms with E-state index >= 15 is 0 Å². The zero-order chi connectivity index (χ0) is 23.9. The van der Waals surface area contributed by atoms with Gasteiger partial charge in [0.25, 0.3) is 11.8 Å². The Hall–Kier alpha value is -4.59. The fourth-order valence-electron chi connectivity index (χ4n) is 3.23. The van der Waals surface area contributed by atoms with Gasteiger partial charge in [0.15, 0.2) is 0 Å². The molecule has 0 fully saturated rings. The van der Waals surface area contributed by atoms with E-state index in [1.165, 1.54) is 42.6 Å². The van der Waals surface area contributed by atoms with Gasteiger partial charge in [-0.3, -0.25) is 9.59 Å². The Balaban J connectivity index is 1.41. The molecule has 8 heteroatoms. The zero-order valence-electron chi connectivity index (χ0n) is 17.9. The van der Waals surface area contributed by atoms with Crippen molar-refractivity contribution in [3.05, 3.63) is 119 Å². The minimum absolute atomic E-state index is 0.202. The average molecular weight is 458 g/mol. The molecule has 4 rings (SSSR count). The predicted octanol–water partition coefficient (Wildman–Crippen LogP) is 5.29. The smallest absolute Gasteiger partial charge is 0.255 e. The van der Waals surface area contributed by atoms with Crippen molar-refractivity contribution in [3.8, 4) is 0 Å². The van der Waals surface area contributed by atoms with E-state index < -0.39 is 11.6 Å². The van der Waals surface area contributed by atoms with Crippen LogP contribution in [0, 0.1) is 11.6 Å². The lowest BCUT2D eigenvalue weighted by Crippen LogP contribution is -2.24. The Bertz CT molecular complexity index is 1330. The summed E-state index contributed by atoms with van der Waals surface area (Å²) in [5, 5.41) is 8.54. The van der Waals surface area contributed by atoms with Crippen LogP contribution in [0.5, 0.6) is 0 Å². The normalized spacial score (nSPS) is 10.4. The number of anilines is 3. The quantitative estimate of drug-likeness (QED) is 0.352. The maximum absolute atomic E-state index is 13.5. The second-order valence-corrected chi connectivity index (χ2v) is 7.38. The van der Waals surface area contributed by atoms with E-state index in [2.05, 4.69) is 20.9 Å². The fraction of sp³-hybridized carbons (Fsp3) is 0.0385. The van der Waals surface area contributed by atoms with Crippen LogP contribution in [0.25, 0.3) is 0 Å². The summed E-state index contributed by atoms with van der Waals surface area (Å²) >= 11 is 0. The second kappa shape index (κ2) is 10.4. The molecular weight excluding hydrogens is 438 g/mol. The number of pyridine rings is 1. The zero-order valence-corrected chi connectivity index (χ0v) is 17.9. The highest BCUT2D eigenvalue weighted by Gasteiger charge is 2.13. The molecule has 3 aromatic carbocycles. The van der Waals surface area contributed by atoms with E-state index in [9.17, 15) is 18.4 Å². The van der Waals surface area contributed by atoms with Gasteiger partial charge in [0.1, 0.15) is 17.5 Å². The van der Waals surface area contributed by atoms with Crippen LogP contribution in [-0.4, -0.2) is 16.8 Å². The lowest BCUT2D eigenvalue weighted by Gasteiger charge is -2.12. The summed E-state index contributed by atoms with van der Waals surface area (Å²) in [5.74, 6) is -1.26. The number of halogens is 2. The second-order valence-electron chi connectivity index (χ2n) is 7.38. The number of nitrogens with one attached hydrogen (secondary N) is 3. The number of benzene rings is 3. The standard InChI is InChI=1S/C26H20F2N4O2/c27-19-11-9-18(10-12-19)25(33)32-21-6-1-4-17(14-21)16-30-26(34)23-8-3-13-29-24(23)31-22-7-2-5-20(28)15-22/h1-15H,16H2,(H,29,31)(H,30,34)(H,32,33). The molecule has 6 nitrogen and oxygen atoms in total. The molecule has 1 aromatic heterocycles. The van der Waals surface area contributed by atoms with E-state index in [4.69, 9.17) is 0 Å². The van der Waals surface area contributed by atoms with Gasteiger partial charge in [0.05, 0.1) is 5.56 Å². The number of aromatic nitrogens is 1. The van der Waals surface area contributed by atoms with Crippen molar-refractivity contribution in [2.24, 2.45) is 0 Å². The molecule has 0 radical (unpaired) electrons. The Morgan fingerprint density at radius 2 is 1.53 bits per heavy atom. The van der Waals surface area contributed by atoms with Crippen molar-refractivity contribution in [1.29, 1.82) is 0 Å². The van der Waals surface area contributed by atoms with Crippen molar-refractivity contribution in [3.63, 3.8) is 0 Å². The van der Waals surface area contributed by atoms with Crippen molar-refractivity contribution in [2.75, 3.05) is 10.6 Å². The van der Waals surface area contributed by atoms with Gasteiger partial charge in [0, 0.05) is 29.7 Å². The van der Waals surface area contributed by atoms with Gasteiger partial charge < -0.3 is 16.0 Å². The first-order valence-electron chi connectivity index (χ1n) is 10.4. The van der Waals surface area contributed by atoms with Crippen molar-refractivity contribution in [2.45, 2.75) is 6.54 Å². The Labute approximate surface area is 194 Å². The van der Waals surface area contributed by atoms with E-state index in [1.54, 1.807) is 42.5 Å². The van der Waals surface area contributed by atoms with Crippen molar-refractivity contribution in [1.82, 2.24) is 10.3 Å². The van der Waals surface area contributed by atoms with Crippen LogP contribution in [0.4, 0.5) is 26.0 Å². The molecule has 0 bridgehead atoms. The van der Waals surface area contributed by atoms with Gasteiger partial charge in [-0.2, -0.15) is 0 Å². The highest BCUT2D eigenvalue weighted by atomic mass is 19.1. The molecule has 0 saturated heterocycles. The number of hydrogen-bond donors (Lipinski definition) is 3. The van der Waals surface area contributed by atoms with Crippen LogP contribution in [0.3, 0.4) is 0 Å². The topological polar surface area (TPSA) is 83.1 Å². The molecule has 0 spiro atoms. The first kappa shape index (κ1) is 22.6. The molecular formula is C26H20F2N4O2. The minimum atomic E-state index is -0.419. The minimum Gasteiger partial charge on any atom is -0.348 e. The third-order valence-corrected chi connectivity index (χ3v) is 4.88. The van der Waals surface area contributed by atoms with Gasteiger partial charge in [0.2, 0.25) is 0 Å². The lowest BCUT2D eigenvalue weighted by molar-refractivity contribution is 0.0950. The molecule has 0 atom stereocenters. The maximum atomic E-state index is 13.5. The lowest BCUT2D eigenvalue weighted by atomic mass is 10.1. The van der Waals surface area contributed by atoms with E-state index in [0.29, 0.717) is 28.3 Å². The molecule has 0 saturated carbocycles. The van der Waals surface area contributed by atoms with Gasteiger partial charge in [-0.1, -0.05) is 18.2 Å². The molecule has 170 valence electrons. The molecule has 0 unspecified atom stereocenters. The summed E-state index contributed by atoms with van der Waals surface area (Å²) in [6.07, 6.45) is 1.53. The molecule has 34 heavy (non-hydrogen) atoms. The maximum Gasteiger partial charge on any atom is 0.255 e. The first-order chi connectivity index (χ1) is 16.5. The van der Waals surface area contributed by atoms with Gasteiger partial charge >= 0.3 is 0 Å². The summed E-state index contributed by atoms with van der Waals surface area (Å²) in [7, 11) is 0. The van der Waals surface area contributed by atoms with E-state index in [0.717, 1.165) is 5.56 Å². The summed E-state index contributed by atoms with van der Waals surface area (Å²) in [6, 6.07) is 21.4. The largest absolute Gasteiger partial charge is 0.348 e. The number of carbonyl (C=O) groups is 2. The van der Waals surface area contributed by atoms with Crippen LogP contribution < -0.4 is 16.0 Å². The highest BCUT2D eigenvalue weighted by Crippen LogP contribution is 2.19. The van der Waals surface area contributed by atoms with Crippen LogP contribution in [-0.2, 0) is 6.54 Å². The number of carbonyl (C=O) groups excluding carboxylic acids is 2.